The van der Waals surface area contributed by atoms with Crippen LogP contribution in [0.1, 0.15) is 11.1 Å². The van der Waals surface area contributed by atoms with E-state index in [2.05, 4.69) is 0 Å². The second-order valence-electron chi connectivity index (χ2n) is 5.09. The van der Waals surface area contributed by atoms with Gasteiger partial charge in [0.1, 0.15) is 17.3 Å². The van der Waals surface area contributed by atoms with Crippen LogP contribution in [0, 0.1) is 6.42 Å². The first-order chi connectivity index (χ1) is 10.5. The number of rotatable bonds is 2. The molecular formula is C18H15O4. The molecule has 0 amide bonds. The molecular weight excluding hydrogens is 280 g/mol. The standard InChI is InChI=1S/C18H15O4/c19-15-9-3-1-6-12(15)13-7-5-11-18(22,17(13)21)14-8-2-4-10-16(14)20/h1-11,19-22H. The first-order valence-corrected chi connectivity index (χ1v) is 6.79. The van der Waals surface area contributed by atoms with E-state index in [9.17, 15) is 20.4 Å². The predicted octanol–water partition coefficient (Wildman–Crippen LogP) is 3.03. The van der Waals surface area contributed by atoms with Gasteiger partial charge >= 0.3 is 0 Å². The van der Waals surface area contributed by atoms with Crippen molar-refractivity contribution in [2.45, 2.75) is 5.60 Å². The van der Waals surface area contributed by atoms with Crippen molar-refractivity contribution in [3.05, 3.63) is 84.0 Å². The third-order valence-electron chi connectivity index (χ3n) is 3.73. The Hall–Kier alpha value is -2.72. The van der Waals surface area contributed by atoms with Crippen LogP contribution in [0.2, 0.25) is 0 Å². The molecule has 1 unspecified atom stereocenters. The quantitative estimate of drug-likeness (QED) is 0.686. The molecule has 0 aliphatic heterocycles. The molecule has 0 fully saturated rings. The Morgan fingerprint density at radius 1 is 0.773 bits per heavy atom. The van der Waals surface area contributed by atoms with Crippen LogP contribution in [-0.2, 0) is 5.60 Å². The number of hydrogen-bond donors (Lipinski definition) is 4. The first kappa shape index (κ1) is 14.2. The Kier molecular flexibility index (Phi) is 3.39. The molecule has 1 aliphatic carbocycles. The Bertz CT molecular complexity index is 776. The number of phenols is 2. The molecule has 1 atom stereocenters. The van der Waals surface area contributed by atoms with Crippen molar-refractivity contribution < 1.29 is 20.4 Å². The molecule has 0 spiro atoms. The molecule has 0 aromatic heterocycles. The highest BCUT2D eigenvalue weighted by atomic mass is 16.3. The molecule has 0 saturated heterocycles. The third-order valence-corrected chi connectivity index (χ3v) is 3.73. The lowest BCUT2D eigenvalue weighted by atomic mass is 9.82. The number of aliphatic hydroxyl groups is 2. The minimum absolute atomic E-state index is 0.00441. The molecule has 0 saturated carbocycles. The smallest absolute Gasteiger partial charge is 0.169 e. The fraction of sp³-hybridized carbons (Fsp3) is 0.0556. The van der Waals surface area contributed by atoms with Crippen LogP contribution < -0.4 is 0 Å². The van der Waals surface area contributed by atoms with Crippen molar-refractivity contribution in [1.82, 2.24) is 0 Å². The lowest BCUT2D eigenvalue weighted by Gasteiger charge is -2.30. The molecule has 4 N–H and O–H groups in total. The van der Waals surface area contributed by atoms with Gasteiger partial charge in [-0.05, 0) is 18.2 Å². The van der Waals surface area contributed by atoms with Gasteiger partial charge in [-0.15, -0.1) is 0 Å². The van der Waals surface area contributed by atoms with Gasteiger partial charge in [0.25, 0.3) is 0 Å². The van der Waals surface area contributed by atoms with Crippen LogP contribution in [-0.4, -0.2) is 20.4 Å². The van der Waals surface area contributed by atoms with Crippen LogP contribution in [0.15, 0.2) is 66.4 Å². The summed E-state index contributed by atoms with van der Waals surface area (Å²) in [4.78, 5) is 0. The van der Waals surface area contributed by atoms with Crippen molar-refractivity contribution in [1.29, 1.82) is 0 Å². The number of allylic oxidation sites excluding steroid dienone is 2. The molecule has 22 heavy (non-hydrogen) atoms. The second-order valence-corrected chi connectivity index (χ2v) is 5.09. The van der Waals surface area contributed by atoms with Crippen molar-refractivity contribution >= 4 is 5.57 Å². The van der Waals surface area contributed by atoms with Gasteiger partial charge in [0.05, 0.1) is 0 Å². The van der Waals surface area contributed by atoms with E-state index in [0.29, 0.717) is 11.1 Å². The highest BCUT2D eigenvalue weighted by molar-refractivity contribution is 5.81. The Morgan fingerprint density at radius 3 is 2.09 bits per heavy atom. The van der Waals surface area contributed by atoms with E-state index >= 15 is 0 Å². The maximum Gasteiger partial charge on any atom is 0.169 e. The molecule has 4 nitrogen and oxygen atoms in total. The summed E-state index contributed by atoms with van der Waals surface area (Å²) in [6, 6.07) is 12.8. The van der Waals surface area contributed by atoms with Crippen molar-refractivity contribution in [2.24, 2.45) is 0 Å². The zero-order valence-corrected chi connectivity index (χ0v) is 11.6. The summed E-state index contributed by atoms with van der Waals surface area (Å²) in [6.45, 7) is 0. The number of para-hydroxylation sites is 2. The summed E-state index contributed by atoms with van der Waals surface area (Å²) < 4.78 is 0. The lowest BCUT2D eigenvalue weighted by molar-refractivity contribution is 0.0765. The van der Waals surface area contributed by atoms with Crippen LogP contribution in [0.3, 0.4) is 0 Å². The van der Waals surface area contributed by atoms with Gasteiger partial charge in [0.15, 0.2) is 5.60 Å². The zero-order chi connectivity index (χ0) is 15.7. The topological polar surface area (TPSA) is 80.9 Å². The van der Waals surface area contributed by atoms with Crippen LogP contribution >= 0.6 is 0 Å². The van der Waals surface area contributed by atoms with E-state index in [0.717, 1.165) is 0 Å². The Labute approximate surface area is 127 Å². The number of phenolic OH excluding ortho intramolecular Hbond substituents is 2. The van der Waals surface area contributed by atoms with Crippen molar-refractivity contribution in [3.63, 3.8) is 0 Å². The van der Waals surface area contributed by atoms with Crippen LogP contribution in [0.5, 0.6) is 11.5 Å². The average molecular weight is 295 g/mol. The van der Waals surface area contributed by atoms with E-state index in [1.807, 2.05) is 0 Å². The number of aromatic hydroxyl groups is 2. The molecule has 1 aliphatic rings. The maximum atomic E-state index is 10.9. The van der Waals surface area contributed by atoms with Gasteiger partial charge in [-0.3, -0.25) is 0 Å². The van der Waals surface area contributed by atoms with Gasteiger partial charge < -0.3 is 20.4 Å². The summed E-state index contributed by atoms with van der Waals surface area (Å²) in [5.41, 5.74) is -0.980. The highest BCUT2D eigenvalue weighted by Crippen LogP contribution is 2.43. The monoisotopic (exact) mass is 295 g/mol. The summed E-state index contributed by atoms with van der Waals surface area (Å²) in [5.74, 6) is -0.479. The highest BCUT2D eigenvalue weighted by Gasteiger charge is 2.38. The van der Waals surface area contributed by atoms with Gasteiger partial charge in [0, 0.05) is 23.1 Å². The number of aliphatic hydroxyl groups excluding tert-OH is 1. The summed E-state index contributed by atoms with van der Waals surface area (Å²) in [6.07, 6.45) is 4.56. The van der Waals surface area contributed by atoms with E-state index in [1.54, 1.807) is 42.8 Å². The Balaban J connectivity index is 2.18. The molecule has 3 rings (SSSR count). The minimum Gasteiger partial charge on any atom is -0.508 e. The summed E-state index contributed by atoms with van der Waals surface area (Å²) in [7, 11) is 0. The van der Waals surface area contributed by atoms with E-state index < -0.39 is 5.60 Å². The second kappa shape index (κ2) is 5.24. The molecule has 0 bridgehead atoms. The van der Waals surface area contributed by atoms with Crippen molar-refractivity contribution in [3.8, 4) is 11.5 Å². The molecule has 111 valence electrons. The normalized spacial score (nSPS) is 21.1. The lowest BCUT2D eigenvalue weighted by Crippen LogP contribution is -2.29. The SMILES string of the molecule is OC1=C(c2ccccc2O)[CH]C=CC1(O)c1ccccc1O. The zero-order valence-electron chi connectivity index (χ0n) is 11.6. The first-order valence-electron chi connectivity index (χ1n) is 6.79. The predicted molar refractivity (Wildman–Crippen MR) is 83.1 cm³/mol. The third kappa shape index (κ3) is 2.14. The average Bonchev–Trinajstić information content (AvgIpc) is 2.51. The van der Waals surface area contributed by atoms with Crippen molar-refractivity contribution in [2.75, 3.05) is 0 Å². The van der Waals surface area contributed by atoms with Crippen LogP contribution in [0.25, 0.3) is 5.57 Å². The molecule has 2 aromatic rings. The van der Waals surface area contributed by atoms with E-state index in [-0.39, 0.29) is 22.8 Å². The number of benzene rings is 2. The largest absolute Gasteiger partial charge is 0.508 e. The van der Waals surface area contributed by atoms with Crippen LogP contribution in [0.4, 0.5) is 0 Å². The molecule has 1 radical (unpaired) electrons. The van der Waals surface area contributed by atoms with Gasteiger partial charge in [-0.1, -0.05) is 42.5 Å². The minimum atomic E-state index is -1.85. The van der Waals surface area contributed by atoms with Gasteiger partial charge in [0.2, 0.25) is 0 Å². The summed E-state index contributed by atoms with van der Waals surface area (Å²) in [5, 5.41) is 41.4. The molecule has 4 heteroatoms. The van der Waals surface area contributed by atoms with Gasteiger partial charge in [-0.2, -0.15) is 0 Å². The molecule has 2 aromatic carbocycles. The fourth-order valence-electron chi connectivity index (χ4n) is 2.58. The van der Waals surface area contributed by atoms with E-state index in [4.69, 9.17) is 0 Å². The van der Waals surface area contributed by atoms with Gasteiger partial charge in [-0.25, -0.2) is 0 Å². The number of hydrogen-bond acceptors (Lipinski definition) is 4. The Morgan fingerprint density at radius 2 is 1.41 bits per heavy atom. The molecule has 0 heterocycles. The fourth-order valence-corrected chi connectivity index (χ4v) is 2.58. The summed E-state index contributed by atoms with van der Waals surface area (Å²) >= 11 is 0. The van der Waals surface area contributed by atoms with E-state index in [1.165, 1.54) is 24.3 Å². The maximum absolute atomic E-state index is 10.9.